The van der Waals surface area contributed by atoms with Crippen LogP contribution in [0.3, 0.4) is 0 Å². The van der Waals surface area contributed by atoms with E-state index in [0.717, 1.165) is 17.0 Å². The molecule has 6 nitrogen and oxygen atoms in total. The van der Waals surface area contributed by atoms with E-state index in [9.17, 15) is 0 Å². The predicted molar refractivity (Wildman–Crippen MR) is 126 cm³/mol. The number of nitrogens with zero attached hydrogens (tertiary/aromatic N) is 1. The third-order valence-corrected chi connectivity index (χ3v) is 3.70. The number of benzene rings is 2. The Morgan fingerprint density at radius 1 is 0.964 bits per heavy atom. The van der Waals surface area contributed by atoms with E-state index in [4.69, 9.17) is 14.2 Å². The second-order valence-electron chi connectivity index (χ2n) is 6.94. The lowest BCUT2D eigenvalue weighted by Crippen LogP contribution is -2.31. The Bertz CT molecular complexity index is 789. The molecule has 0 saturated heterocycles. The van der Waals surface area contributed by atoms with Gasteiger partial charge in [0.1, 0.15) is 11.4 Å². The first-order chi connectivity index (χ1) is 12.9. The maximum Gasteiger partial charge on any atom is 0.195 e. The summed E-state index contributed by atoms with van der Waals surface area (Å²) in [5.41, 5.74) is 1.65. The molecular formula is C21H30IN3O3. The summed E-state index contributed by atoms with van der Waals surface area (Å²) in [6.07, 6.45) is 0. The lowest BCUT2D eigenvalue weighted by Gasteiger charge is -2.23. The van der Waals surface area contributed by atoms with E-state index in [0.29, 0.717) is 24.0 Å². The molecule has 0 aliphatic carbocycles. The van der Waals surface area contributed by atoms with Gasteiger partial charge in [0.05, 0.1) is 14.2 Å². The van der Waals surface area contributed by atoms with E-state index >= 15 is 0 Å². The molecule has 0 aliphatic heterocycles. The van der Waals surface area contributed by atoms with Crippen LogP contribution in [0.4, 0.5) is 5.69 Å². The molecule has 0 spiro atoms. The summed E-state index contributed by atoms with van der Waals surface area (Å²) < 4.78 is 16.7. The van der Waals surface area contributed by atoms with Crippen LogP contribution in [0.1, 0.15) is 26.3 Å². The molecule has 2 aromatic rings. The first-order valence-electron chi connectivity index (χ1n) is 8.83. The number of methoxy groups -OCH3 is 2. The number of hydrogen-bond donors (Lipinski definition) is 2. The summed E-state index contributed by atoms with van der Waals surface area (Å²) in [7, 11) is 4.96. The number of aliphatic imine (C=N–C) groups is 1. The lowest BCUT2D eigenvalue weighted by molar-refractivity contribution is 0.129. The second-order valence-corrected chi connectivity index (χ2v) is 6.94. The average molecular weight is 499 g/mol. The molecule has 0 unspecified atom stereocenters. The molecule has 2 N–H and O–H groups in total. The zero-order chi connectivity index (χ0) is 19.9. The van der Waals surface area contributed by atoms with E-state index in [2.05, 4.69) is 15.6 Å². The van der Waals surface area contributed by atoms with Crippen molar-refractivity contribution in [2.24, 2.45) is 4.99 Å². The third kappa shape index (κ3) is 7.10. The van der Waals surface area contributed by atoms with Gasteiger partial charge in [-0.25, -0.2) is 0 Å². The van der Waals surface area contributed by atoms with Gasteiger partial charge in [0.25, 0.3) is 0 Å². The molecule has 0 saturated carbocycles. The number of anilines is 1. The SMILES string of the molecule is CN=C(NCc1ccccc1OC(C)(C)C)Nc1ccc(OC)c(OC)c1.I. The monoisotopic (exact) mass is 499 g/mol. The summed E-state index contributed by atoms with van der Waals surface area (Å²) in [5, 5.41) is 6.57. The Morgan fingerprint density at radius 3 is 2.25 bits per heavy atom. The molecule has 0 aromatic heterocycles. The number of hydrogen-bond acceptors (Lipinski definition) is 4. The van der Waals surface area contributed by atoms with Crippen molar-refractivity contribution in [2.75, 3.05) is 26.6 Å². The second kappa shape index (κ2) is 11.0. The zero-order valence-corrected chi connectivity index (χ0v) is 19.7. The number of rotatable bonds is 6. The van der Waals surface area contributed by atoms with Crippen LogP contribution in [0.2, 0.25) is 0 Å². The molecule has 2 rings (SSSR count). The van der Waals surface area contributed by atoms with Gasteiger partial charge in [-0.2, -0.15) is 0 Å². The maximum absolute atomic E-state index is 6.04. The fourth-order valence-electron chi connectivity index (χ4n) is 2.49. The van der Waals surface area contributed by atoms with Crippen molar-refractivity contribution in [3.8, 4) is 17.2 Å². The van der Waals surface area contributed by atoms with Gasteiger partial charge in [-0.1, -0.05) is 18.2 Å². The van der Waals surface area contributed by atoms with Gasteiger partial charge in [0.2, 0.25) is 0 Å². The molecule has 0 aliphatic rings. The number of guanidine groups is 1. The first-order valence-corrected chi connectivity index (χ1v) is 8.83. The number of para-hydroxylation sites is 1. The van der Waals surface area contributed by atoms with Crippen LogP contribution in [0.25, 0.3) is 0 Å². The molecule has 28 heavy (non-hydrogen) atoms. The summed E-state index contributed by atoms with van der Waals surface area (Å²) in [4.78, 5) is 4.28. The van der Waals surface area contributed by atoms with Crippen LogP contribution in [-0.4, -0.2) is 32.8 Å². The highest BCUT2D eigenvalue weighted by Gasteiger charge is 2.14. The first kappa shape index (κ1) is 23.9. The molecule has 2 aromatic carbocycles. The Kier molecular flexibility index (Phi) is 9.37. The Balaban J connectivity index is 0.00000392. The molecule has 0 fully saturated rings. The number of halogens is 1. The van der Waals surface area contributed by atoms with Crippen molar-refractivity contribution in [2.45, 2.75) is 32.9 Å². The topological polar surface area (TPSA) is 64.1 Å². The standard InChI is InChI=1S/C21H29N3O3.HI/c1-21(2,3)27-17-10-8-7-9-15(17)14-23-20(22-4)24-16-11-12-18(25-5)19(13-16)26-6;/h7-13H,14H2,1-6H3,(H2,22,23,24);1H. The highest BCUT2D eigenvalue weighted by atomic mass is 127. The predicted octanol–water partition coefficient (Wildman–Crippen LogP) is 4.69. The minimum absolute atomic E-state index is 0. The van der Waals surface area contributed by atoms with E-state index in [1.165, 1.54) is 0 Å². The smallest absolute Gasteiger partial charge is 0.195 e. The van der Waals surface area contributed by atoms with Crippen molar-refractivity contribution >= 4 is 35.6 Å². The van der Waals surface area contributed by atoms with E-state index in [1.54, 1.807) is 21.3 Å². The van der Waals surface area contributed by atoms with Crippen LogP contribution < -0.4 is 24.8 Å². The van der Waals surface area contributed by atoms with Crippen LogP contribution in [0.15, 0.2) is 47.5 Å². The average Bonchev–Trinajstić information content (AvgIpc) is 2.64. The molecule has 154 valence electrons. The van der Waals surface area contributed by atoms with E-state index in [1.807, 2.05) is 63.2 Å². The molecular weight excluding hydrogens is 469 g/mol. The summed E-state index contributed by atoms with van der Waals surface area (Å²) >= 11 is 0. The van der Waals surface area contributed by atoms with Crippen LogP contribution >= 0.6 is 24.0 Å². The Morgan fingerprint density at radius 2 is 1.64 bits per heavy atom. The molecule has 0 radical (unpaired) electrons. The number of ether oxygens (including phenoxy) is 3. The third-order valence-electron chi connectivity index (χ3n) is 3.70. The highest BCUT2D eigenvalue weighted by Crippen LogP contribution is 2.29. The van der Waals surface area contributed by atoms with E-state index < -0.39 is 0 Å². The fourth-order valence-corrected chi connectivity index (χ4v) is 2.49. The fraction of sp³-hybridized carbons (Fsp3) is 0.381. The highest BCUT2D eigenvalue weighted by molar-refractivity contribution is 14.0. The van der Waals surface area contributed by atoms with Crippen LogP contribution in [0.5, 0.6) is 17.2 Å². The molecule has 7 heteroatoms. The van der Waals surface area contributed by atoms with Gasteiger partial charge in [-0.15, -0.1) is 24.0 Å². The summed E-state index contributed by atoms with van der Waals surface area (Å²) in [6, 6.07) is 13.6. The maximum atomic E-state index is 6.04. The van der Waals surface area contributed by atoms with Crippen molar-refractivity contribution in [3.63, 3.8) is 0 Å². The van der Waals surface area contributed by atoms with Gasteiger partial charge < -0.3 is 24.8 Å². The quantitative estimate of drug-likeness (QED) is 0.343. The lowest BCUT2D eigenvalue weighted by atomic mass is 10.1. The van der Waals surface area contributed by atoms with Crippen LogP contribution in [0, 0.1) is 0 Å². The van der Waals surface area contributed by atoms with Gasteiger partial charge >= 0.3 is 0 Å². The van der Waals surface area contributed by atoms with Crippen molar-refractivity contribution < 1.29 is 14.2 Å². The molecule has 0 bridgehead atoms. The Hall–Kier alpha value is -2.16. The van der Waals surface area contributed by atoms with Crippen LogP contribution in [-0.2, 0) is 6.54 Å². The minimum Gasteiger partial charge on any atom is -0.493 e. The van der Waals surface area contributed by atoms with Gasteiger partial charge in [-0.3, -0.25) is 4.99 Å². The normalized spacial score (nSPS) is 11.3. The summed E-state index contributed by atoms with van der Waals surface area (Å²) in [6.45, 7) is 6.69. The molecule has 0 heterocycles. The minimum atomic E-state index is -0.254. The molecule has 0 atom stereocenters. The largest absolute Gasteiger partial charge is 0.493 e. The van der Waals surface area contributed by atoms with E-state index in [-0.39, 0.29) is 29.6 Å². The van der Waals surface area contributed by atoms with Gasteiger partial charge in [0, 0.05) is 30.9 Å². The van der Waals surface area contributed by atoms with Gasteiger partial charge in [0.15, 0.2) is 17.5 Å². The van der Waals surface area contributed by atoms with Gasteiger partial charge in [-0.05, 0) is 39.0 Å². The Labute approximate surface area is 184 Å². The molecule has 0 amide bonds. The van der Waals surface area contributed by atoms with Crippen molar-refractivity contribution in [3.05, 3.63) is 48.0 Å². The van der Waals surface area contributed by atoms with Crippen molar-refractivity contribution in [1.29, 1.82) is 0 Å². The number of nitrogens with one attached hydrogen (secondary N) is 2. The van der Waals surface area contributed by atoms with Crippen molar-refractivity contribution in [1.82, 2.24) is 5.32 Å². The zero-order valence-electron chi connectivity index (χ0n) is 17.3. The summed E-state index contributed by atoms with van der Waals surface area (Å²) in [5.74, 6) is 2.84.